The molecule has 0 bridgehead atoms. The second-order valence-corrected chi connectivity index (χ2v) is 8.82. The number of hydrogen-bond acceptors (Lipinski definition) is 6. The maximum atomic E-state index is 12.9. The van der Waals surface area contributed by atoms with Crippen molar-refractivity contribution in [2.45, 2.75) is 44.6 Å². The topological polar surface area (TPSA) is 111 Å². The Bertz CT molecular complexity index is 1020. The first kappa shape index (κ1) is 24.2. The van der Waals surface area contributed by atoms with E-state index in [9.17, 15) is 18.0 Å². The Morgan fingerprint density at radius 1 is 1.10 bits per heavy atom. The molecule has 168 valence electrons. The number of methoxy groups -OCH3 is 1. The van der Waals surface area contributed by atoms with E-state index in [0.29, 0.717) is 5.69 Å². The van der Waals surface area contributed by atoms with Gasteiger partial charge in [-0.2, -0.15) is 0 Å². The third-order valence-electron chi connectivity index (χ3n) is 4.46. The van der Waals surface area contributed by atoms with Crippen molar-refractivity contribution >= 4 is 27.6 Å². The summed E-state index contributed by atoms with van der Waals surface area (Å²) < 4.78 is 38.4. The third kappa shape index (κ3) is 6.99. The van der Waals surface area contributed by atoms with Gasteiger partial charge < -0.3 is 14.8 Å². The van der Waals surface area contributed by atoms with Gasteiger partial charge in [0.15, 0.2) is 6.61 Å². The highest BCUT2D eigenvalue weighted by molar-refractivity contribution is 7.92. The summed E-state index contributed by atoms with van der Waals surface area (Å²) in [6.07, 6.45) is 1.73. The molecule has 0 aliphatic carbocycles. The van der Waals surface area contributed by atoms with Gasteiger partial charge in [-0.05, 0) is 50.6 Å². The zero-order valence-corrected chi connectivity index (χ0v) is 18.9. The van der Waals surface area contributed by atoms with Gasteiger partial charge in [-0.25, -0.2) is 13.2 Å². The van der Waals surface area contributed by atoms with E-state index in [1.807, 2.05) is 20.8 Å². The SMILES string of the molecule is CCCC(C)NC(=O)COC(=O)c1ccc(OC)c(S(=O)(=O)Nc2ccc(C)cc2)c1. The van der Waals surface area contributed by atoms with Crippen LogP contribution in [-0.2, 0) is 19.6 Å². The van der Waals surface area contributed by atoms with Gasteiger partial charge in [0.2, 0.25) is 0 Å². The molecule has 2 N–H and O–H groups in total. The highest BCUT2D eigenvalue weighted by atomic mass is 32.2. The van der Waals surface area contributed by atoms with Gasteiger partial charge in [0.05, 0.1) is 12.7 Å². The fraction of sp³-hybridized carbons (Fsp3) is 0.364. The van der Waals surface area contributed by atoms with Gasteiger partial charge in [-0.15, -0.1) is 0 Å². The lowest BCUT2D eigenvalue weighted by Gasteiger charge is -2.14. The van der Waals surface area contributed by atoms with E-state index in [1.54, 1.807) is 24.3 Å². The third-order valence-corrected chi connectivity index (χ3v) is 5.86. The zero-order valence-electron chi connectivity index (χ0n) is 18.1. The zero-order chi connectivity index (χ0) is 23.0. The lowest BCUT2D eigenvalue weighted by Crippen LogP contribution is -2.35. The van der Waals surface area contributed by atoms with Crippen molar-refractivity contribution in [2.24, 2.45) is 0 Å². The molecule has 1 unspecified atom stereocenters. The molecule has 2 aromatic rings. The van der Waals surface area contributed by atoms with E-state index < -0.39 is 28.5 Å². The predicted octanol–water partition coefficient (Wildman–Crippen LogP) is 3.27. The van der Waals surface area contributed by atoms with Gasteiger partial charge in [0.1, 0.15) is 10.6 Å². The number of carbonyl (C=O) groups excluding carboxylic acids is 2. The molecule has 9 heteroatoms. The van der Waals surface area contributed by atoms with Gasteiger partial charge in [-0.1, -0.05) is 31.0 Å². The maximum Gasteiger partial charge on any atom is 0.338 e. The molecule has 0 heterocycles. The minimum Gasteiger partial charge on any atom is -0.495 e. The van der Waals surface area contributed by atoms with Crippen LogP contribution in [0.4, 0.5) is 5.69 Å². The van der Waals surface area contributed by atoms with Gasteiger partial charge in [-0.3, -0.25) is 9.52 Å². The number of rotatable bonds is 10. The number of hydrogen-bond donors (Lipinski definition) is 2. The van der Waals surface area contributed by atoms with E-state index in [1.165, 1.54) is 19.2 Å². The second-order valence-electron chi connectivity index (χ2n) is 7.17. The summed E-state index contributed by atoms with van der Waals surface area (Å²) in [4.78, 5) is 24.1. The summed E-state index contributed by atoms with van der Waals surface area (Å²) in [5.74, 6) is -1.16. The molecule has 2 aromatic carbocycles. The monoisotopic (exact) mass is 448 g/mol. The standard InChI is InChI=1S/C22H28N2O6S/c1-5-6-16(3)23-21(25)14-30-22(26)17-9-12-19(29-4)20(13-17)31(27,28)24-18-10-7-15(2)8-11-18/h7-13,16,24H,5-6,14H2,1-4H3,(H,23,25). The van der Waals surface area contributed by atoms with Gasteiger partial charge in [0.25, 0.3) is 15.9 Å². The molecule has 0 saturated carbocycles. The van der Waals surface area contributed by atoms with E-state index in [0.717, 1.165) is 24.5 Å². The number of amides is 1. The molecule has 0 radical (unpaired) electrons. The number of benzene rings is 2. The fourth-order valence-electron chi connectivity index (χ4n) is 2.88. The van der Waals surface area contributed by atoms with Crippen LogP contribution in [0.1, 0.15) is 42.6 Å². The van der Waals surface area contributed by atoms with E-state index in [2.05, 4.69) is 10.0 Å². The minimum absolute atomic E-state index is 0.0144. The molecule has 8 nitrogen and oxygen atoms in total. The molecular weight excluding hydrogens is 420 g/mol. The summed E-state index contributed by atoms with van der Waals surface area (Å²) >= 11 is 0. The Hall–Kier alpha value is -3.07. The molecule has 31 heavy (non-hydrogen) atoms. The van der Waals surface area contributed by atoms with E-state index >= 15 is 0 Å². The fourth-order valence-corrected chi connectivity index (χ4v) is 4.14. The lowest BCUT2D eigenvalue weighted by molar-refractivity contribution is -0.124. The van der Waals surface area contributed by atoms with Crippen molar-refractivity contribution < 1.29 is 27.5 Å². The Balaban J connectivity index is 2.16. The number of anilines is 1. The highest BCUT2D eigenvalue weighted by Gasteiger charge is 2.23. The lowest BCUT2D eigenvalue weighted by atomic mass is 10.2. The van der Waals surface area contributed by atoms with Crippen LogP contribution < -0.4 is 14.8 Å². The summed E-state index contributed by atoms with van der Waals surface area (Å²) in [5.41, 5.74) is 1.34. The molecule has 0 aliphatic heterocycles. The number of nitrogens with one attached hydrogen (secondary N) is 2. The van der Waals surface area contributed by atoms with Crippen LogP contribution in [0.25, 0.3) is 0 Å². The number of sulfonamides is 1. The van der Waals surface area contributed by atoms with Crippen LogP contribution in [0.3, 0.4) is 0 Å². The van der Waals surface area contributed by atoms with Crippen LogP contribution in [0, 0.1) is 6.92 Å². The van der Waals surface area contributed by atoms with Crippen molar-refractivity contribution in [1.82, 2.24) is 5.32 Å². The van der Waals surface area contributed by atoms with Crippen LogP contribution in [-0.4, -0.2) is 40.1 Å². The molecular formula is C22H28N2O6S. The van der Waals surface area contributed by atoms with E-state index in [4.69, 9.17) is 9.47 Å². The molecule has 1 atom stereocenters. The van der Waals surface area contributed by atoms with Crippen molar-refractivity contribution in [2.75, 3.05) is 18.4 Å². The van der Waals surface area contributed by atoms with Crippen molar-refractivity contribution in [3.8, 4) is 5.75 Å². The average molecular weight is 449 g/mol. The van der Waals surface area contributed by atoms with Crippen molar-refractivity contribution in [1.29, 1.82) is 0 Å². The van der Waals surface area contributed by atoms with Crippen LogP contribution in [0.2, 0.25) is 0 Å². The van der Waals surface area contributed by atoms with E-state index in [-0.39, 0.29) is 22.3 Å². The van der Waals surface area contributed by atoms with Crippen LogP contribution in [0.15, 0.2) is 47.4 Å². The minimum atomic E-state index is -4.04. The summed E-state index contributed by atoms with van der Waals surface area (Å²) in [5, 5.41) is 2.73. The Morgan fingerprint density at radius 3 is 2.39 bits per heavy atom. The van der Waals surface area contributed by atoms with Crippen LogP contribution in [0.5, 0.6) is 5.75 Å². The highest BCUT2D eigenvalue weighted by Crippen LogP contribution is 2.27. The number of aryl methyl sites for hydroxylation is 1. The molecule has 0 aliphatic rings. The number of esters is 1. The molecule has 0 saturated heterocycles. The summed E-state index contributed by atoms with van der Waals surface area (Å²) in [7, 11) is -2.71. The quantitative estimate of drug-likeness (QED) is 0.540. The number of carbonyl (C=O) groups is 2. The molecule has 0 fully saturated rings. The largest absolute Gasteiger partial charge is 0.495 e. The molecule has 2 rings (SSSR count). The first-order valence-electron chi connectivity index (χ1n) is 9.90. The normalized spacial score (nSPS) is 12.0. The second kappa shape index (κ2) is 10.8. The number of ether oxygens (including phenoxy) is 2. The van der Waals surface area contributed by atoms with Crippen LogP contribution >= 0.6 is 0 Å². The molecule has 0 aromatic heterocycles. The molecule has 1 amide bonds. The first-order chi connectivity index (χ1) is 14.7. The van der Waals surface area contributed by atoms with Crippen molar-refractivity contribution in [3.63, 3.8) is 0 Å². The smallest absolute Gasteiger partial charge is 0.338 e. The summed E-state index contributed by atoms with van der Waals surface area (Å²) in [6.45, 7) is 5.31. The van der Waals surface area contributed by atoms with Crippen molar-refractivity contribution in [3.05, 3.63) is 53.6 Å². The van der Waals surface area contributed by atoms with Gasteiger partial charge in [0, 0.05) is 11.7 Å². The first-order valence-corrected chi connectivity index (χ1v) is 11.4. The Morgan fingerprint density at radius 2 is 1.77 bits per heavy atom. The Labute approximate surface area is 183 Å². The Kier molecular flexibility index (Phi) is 8.44. The van der Waals surface area contributed by atoms with Gasteiger partial charge >= 0.3 is 5.97 Å². The predicted molar refractivity (Wildman–Crippen MR) is 118 cm³/mol. The summed E-state index contributed by atoms with van der Waals surface area (Å²) in [6, 6.07) is 10.7. The maximum absolute atomic E-state index is 12.9. The molecule has 0 spiro atoms. The average Bonchev–Trinajstić information content (AvgIpc) is 2.73.